The molecule has 0 saturated carbocycles. The van der Waals surface area contributed by atoms with Crippen LogP contribution in [0.25, 0.3) is 0 Å². The zero-order valence-corrected chi connectivity index (χ0v) is 11.0. The second-order valence-electron chi connectivity index (χ2n) is 4.20. The van der Waals surface area contributed by atoms with Crippen molar-refractivity contribution in [3.8, 4) is 6.07 Å². The van der Waals surface area contributed by atoms with Gasteiger partial charge in [-0.25, -0.2) is 8.42 Å². The van der Waals surface area contributed by atoms with E-state index in [9.17, 15) is 8.42 Å². The standard InChI is InChI=1S/C12H16N2O2S/c1-9(2)11-5-4-6-12(7-11)17(15,16)14-10(3)8-13/h4-7,9-10,14H,1-3H3/t10-/m1/s1. The second kappa shape index (κ2) is 5.30. The van der Waals surface area contributed by atoms with Crippen molar-refractivity contribution in [3.05, 3.63) is 29.8 Å². The van der Waals surface area contributed by atoms with Gasteiger partial charge in [0, 0.05) is 0 Å². The van der Waals surface area contributed by atoms with Crippen LogP contribution >= 0.6 is 0 Å². The molecule has 4 nitrogen and oxygen atoms in total. The average Bonchev–Trinajstić information content (AvgIpc) is 2.28. The number of hydrogen-bond acceptors (Lipinski definition) is 3. The van der Waals surface area contributed by atoms with Crippen LogP contribution in [0.5, 0.6) is 0 Å². The summed E-state index contributed by atoms with van der Waals surface area (Å²) in [6.07, 6.45) is 0. The minimum absolute atomic E-state index is 0.200. The van der Waals surface area contributed by atoms with Gasteiger partial charge in [0.2, 0.25) is 10.0 Å². The number of hydrogen-bond donors (Lipinski definition) is 1. The Labute approximate surface area is 102 Å². The van der Waals surface area contributed by atoms with Crippen LogP contribution in [0, 0.1) is 11.3 Å². The van der Waals surface area contributed by atoms with Crippen LogP contribution in [0.1, 0.15) is 32.3 Å². The number of sulfonamides is 1. The Kier molecular flexibility index (Phi) is 4.27. The Morgan fingerprint density at radius 2 is 1.94 bits per heavy atom. The van der Waals surface area contributed by atoms with Crippen molar-refractivity contribution in [1.82, 2.24) is 4.72 Å². The first-order chi connectivity index (χ1) is 7.86. The summed E-state index contributed by atoms with van der Waals surface area (Å²) in [7, 11) is -3.60. The highest BCUT2D eigenvalue weighted by Gasteiger charge is 2.17. The van der Waals surface area contributed by atoms with Gasteiger partial charge in [0.25, 0.3) is 0 Å². The van der Waals surface area contributed by atoms with Crippen molar-refractivity contribution in [2.45, 2.75) is 37.6 Å². The van der Waals surface area contributed by atoms with Gasteiger partial charge in [-0.15, -0.1) is 0 Å². The third-order valence-corrected chi connectivity index (χ3v) is 3.90. The number of nitrogens with zero attached hydrogens (tertiary/aromatic N) is 1. The normalized spacial score (nSPS) is 13.4. The molecule has 0 heterocycles. The van der Waals surface area contributed by atoms with E-state index in [0.717, 1.165) is 5.56 Å². The minimum atomic E-state index is -3.60. The highest BCUT2D eigenvalue weighted by Crippen LogP contribution is 2.18. The van der Waals surface area contributed by atoms with Crippen molar-refractivity contribution in [2.24, 2.45) is 0 Å². The van der Waals surface area contributed by atoms with E-state index in [2.05, 4.69) is 4.72 Å². The molecule has 0 aliphatic carbocycles. The fourth-order valence-electron chi connectivity index (χ4n) is 1.37. The topological polar surface area (TPSA) is 70.0 Å². The molecule has 92 valence electrons. The van der Waals surface area contributed by atoms with Crippen LogP contribution in [0.15, 0.2) is 29.2 Å². The fourth-order valence-corrected chi connectivity index (χ4v) is 2.57. The number of nitrogens with one attached hydrogen (secondary N) is 1. The third kappa shape index (κ3) is 3.55. The van der Waals surface area contributed by atoms with E-state index in [4.69, 9.17) is 5.26 Å². The number of rotatable bonds is 4. The highest BCUT2D eigenvalue weighted by molar-refractivity contribution is 7.89. The quantitative estimate of drug-likeness (QED) is 0.891. The van der Waals surface area contributed by atoms with Gasteiger partial charge in [-0.2, -0.15) is 9.98 Å². The first kappa shape index (κ1) is 13.7. The molecule has 1 atom stereocenters. The van der Waals surface area contributed by atoms with E-state index in [1.54, 1.807) is 12.1 Å². The molecule has 1 N–H and O–H groups in total. The summed E-state index contributed by atoms with van der Waals surface area (Å²) in [6.45, 7) is 5.50. The predicted octanol–water partition coefficient (Wildman–Crippen LogP) is 2.00. The van der Waals surface area contributed by atoms with Crippen LogP contribution < -0.4 is 4.72 Å². The van der Waals surface area contributed by atoms with Crippen molar-refractivity contribution in [1.29, 1.82) is 5.26 Å². The molecule has 1 aromatic rings. The average molecular weight is 252 g/mol. The van der Waals surface area contributed by atoms with Crippen molar-refractivity contribution in [2.75, 3.05) is 0 Å². The molecular formula is C12H16N2O2S. The Bertz CT molecular complexity index is 530. The minimum Gasteiger partial charge on any atom is -0.207 e. The molecule has 0 amide bonds. The van der Waals surface area contributed by atoms with Crippen LogP contribution in [0.3, 0.4) is 0 Å². The summed E-state index contributed by atoms with van der Waals surface area (Å²) >= 11 is 0. The maximum atomic E-state index is 11.9. The SMILES string of the molecule is CC(C)c1cccc(S(=O)(=O)N[C@H](C)C#N)c1. The molecule has 0 bridgehead atoms. The molecule has 5 heteroatoms. The van der Waals surface area contributed by atoms with E-state index in [0.29, 0.717) is 0 Å². The molecule has 1 aromatic carbocycles. The Morgan fingerprint density at radius 3 is 2.47 bits per heavy atom. The van der Waals surface area contributed by atoms with Crippen molar-refractivity contribution >= 4 is 10.0 Å². The molecule has 0 spiro atoms. The number of nitriles is 1. The molecule has 0 aliphatic heterocycles. The molecule has 0 saturated heterocycles. The largest absolute Gasteiger partial charge is 0.241 e. The van der Waals surface area contributed by atoms with Gasteiger partial charge >= 0.3 is 0 Å². The highest BCUT2D eigenvalue weighted by atomic mass is 32.2. The summed E-state index contributed by atoms with van der Waals surface area (Å²) in [5.74, 6) is 0.263. The summed E-state index contributed by atoms with van der Waals surface area (Å²) in [5, 5.41) is 8.61. The Morgan fingerprint density at radius 1 is 1.29 bits per heavy atom. The smallest absolute Gasteiger partial charge is 0.207 e. The molecule has 17 heavy (non-hydrogen) atoms. The molecular weight excluding hydrogens is 236 g/mol. The van der Waals surface area contributed by atoms with E-state index < -0.39 is 16.1 Å². The lowest BCUT2D eigenvalue weighted by Crippen LogP contribution is -2.31. The Balaban J connectivity index is 3.08. The van der Waals surface area contributed by atoms with Gasteiger partial charge < -0.3 is 0 Å². The predicted molar refractivity (Wildman–Crippen MR) is 65.9 cm³/mol. The summed E-state index contributed by atoms with van der Waals surface area (Å²) in [6, 6.07) is 7.86. The zero-order valence-electron chi connectivity index (χ0n) is 10.1. The molecule has 0 aromatic heterocycles. The molecule has 1 rings (SSSR count). The van der Waals surface area contributed by atoms with E-state index >= 15 is 0 Å². The Hall–Kier alpha value is -1.38. The van der Waals surface area contributed by atoms with Gasteiger partial charge in [-0.3, -0.25) is 0 Å². The first-order valence-corrected chi connectivity index (χ1v) is 6.87. The van der Waals surface area contributed by atoms with Crippen molar-refractivity contribution in [3.63, 3.8) is 0 Å². The lowest BCUT2D eigenvalue weighted by atomic mass is 10.0. The summed E-state index contributed by atoms with van der Waals surface area (Å²) in [5.41, 5.74) is 0.956. The summed E-state index contributed by atoms with van der Waals surface area (Å²) < 4.78 is 26.1. The van der Waals surface area contributed by atoms with Crippen LogP contribution in [-0.4, -0.2) is 14.5 Å². The molecule has 0 radical (unpaired) electrons. The molecule has 0 unspecified atom stereocenters. The van der Waals surface area contributed by atoms with E-state index in [-0.39, 0.29) is 10.8 Å². The maximum absolute atomic E-state index is 11.9. The van der Waals surface area contributed by atoms with E-state index in [1.165, 1.54) is 13.0 Å². The monoisotopic (exact) mass is 252 g/mol. The van der Waals surface area contributed by atoms with Crippen LogP contribution in [0.2, 0.25) is 0 Å². The van der Waals surface area contributed by atoms with Gasteiger partial charge in [0.05, 0.1) is 11.0 Å². The lowest BCUT2D eigenvalue weighted by molar-refractivity contribution is 0.577. The fraction of sp³-hybridized carbons (Fsp3) is 0.417. The van der Waals surface area contributed by atoms with Gasteiger partial charge in [-0.05, 0) is 30.5 Å². The lowest BCUT2D eigenvalue weighted by Gasteiger charge is -2.10. The number of benzene rings is 1. The van der Waals surface area contributed by atoms with Gasteiger partial charge in [-0.1, -0.05) is 26.0 Å². The maximum Gasteiger partial charge on any atom is 0.241 e. The first-order valence-electron chi connectivity index (χ1n) is 5.38. The van der Waals surface area contributed by atoms with Crippen LogP contribution in [0.4, 0.5) is 0 Å². The van der Waals surface area contributed by atoms with Gasteiger partial charge in [0.1, 0.15) is 6.04 Å². The second-order valence-corrected chi connectivity index (χ2v) is 5.91. The molecule has 0 fully saturated rings. The van der Waals surface area contributed by atoms with Crippen LogP contribution in [-0.2, 0) is 10.0 Å². The third-order valence-electron chi connectivity index (χ3n) is 2.36. The van der Waals surface area contributed by atoms with Gasteiger partial charge in [0.15, 0.2) is 0 Å². The van der Waals surface area contributed by atoms with E-state index in [1.807, 2.05) is 26.0 Å². The van der Waals surface area contributed by atoms with Crippen molar-refractivity contribution < 1.29 is 8.42 Å². The molecule has 0 aliphatic rings. The zero-order chi connectivity index (χ0) is 13.1. The summed E-state index contributed by atoms with van der Waals surface area (Å²) in [4.78, 5) is 0.200.